The summed E-state index contributed by atoms with van der Waals surface area (Å²) in [5, 5.41) is 5.76. The molecule has 0 bridgehead atoms. The molecule has 1 saturated carbocycles. The molecular formula is C36H41N5O5. The van der Waals surface area contributed by atoms with E-state index in [2.05, 4.69) is 10.6 Å². The van der Waals surface area contributed by atoms with Gasteiger partial charge in [-0.25, -0.2) is 0 Å². The molecule has 10 heteroatoms. The second kappa shape index (κ2) is 14.2. The normalized spacial score (nSPS) is 15.2. The smallest absolute Gasteiger partial charge is 0.262 e. The first kappa shape index (κ1) is 31.3. The Hall–Kier alpha value is -4.70. The highest BCUT2D eigenvalue weighted by Gasteiger charge is 2.33. The van der Waals surface area contributed by atoms with E-state index in [0.717, 1.165) is 67.3 Å². The fourth-order valence-electron chi connectivity index (χ4n) is 6.06. The third kappa shape index (κ3) is 7.56. The molecule has 240 valence electrons. The van der Waals surface area contributed by atoms with E-state index in [4.69, 9.17) is 10.5 Å². The topological polar surface area (TPSA) is 134 Å². The van der Waals surface area contributed by atoms with Crippen LogP contribution in [0, 0.1) is 0 Å². The SMILES string of the molecule is NCCCCCCC(=O)N1CCc2cc(NC(=O)c3ccc(CN(C(=O)c4ccc5c(c4)OCC(=O)N5)C4CC4)cc3)ccc2C1. The summed E-state index contributed by atoms with van der Waals surface area (Å²) in [7, 11) is 0. The third-order valence-corrected chi connectivity index (χ3v) is 8.85. The number of amides is 4. The number of benzene rings is 3. The molecule has 1 aliphatic carbocycles. The predicted octanol–water partition coefficient (Wildman–Crippen LogP) is 4.87. The molecule has 2 heterocycles. The molecule has 0 spiro atoms. The molecule has 3 aromatic carbocycles. The van der Waals surface area contributed by atoms with Gasteiger partial charge in [0.2, 0.25) is 5.91 Å². The summed E-state index contributed by atoms with van der Waals surface area (Å²) in [6.07, 6.45) is 7.26. The summed E-state index contributed by atoms with van der Waals surface area (Å²) < 4.78 is 5.50. The molecule has 2 aliphatic heterocycles. The van der Waals surface area contributed by atoms with E-state index in [1.807, 2.05) is 40.1 Å². The maximum absolute atomic E-state index is 13.5. The molecule has 0 atom stereocenters. The zero-order chi connectivity index (χ0) is 32.0. The number of anilines is 2. The Morgan fingerprint density at radius 1 is 0.935 bits per heavy atom. The fourth-order valence-corrected chi connectivity index (χ4v) is 6.06. The Morgan fingerprint density at radius 2 is 1.72 bits per heavy atom. The van der Waals surface area contributed by atoms with Crippen LogP contribution in [0.25, 0.3) is 0 Å². The highest BCUT2D eigenvalue weighted by molar-refractivity contribution is 6.04. The van der Waals surface area contributed by atoms with Gasteiger partial charge in [0.05, 0.1) is 5.69 Å². The lowest BCUT2D eigenvalue weighted by atomic mass is 9.98. The number of nitrogens with zero attached hydrogens (tertiary/aromatic N) is 2. The van der Waals surface area contributed by atoms with Gasteiger partial charge in [0.1, 0.15) is 5.75 Å². The van der Waals surface area contributed by atoms with E-state index in [1.54, 1.807) is 30.3 Å². The molecule has 4 amide bonds. The Morgan fingerprint density at radius 3 is 2.50 bits per heavy atom. The molecule has 0 unspecified atom stereocenters. The quantitative estimate of drug-likeness (QED) is 0.247. The van der Waals surface area contributed by atoms with Crippen LogP contribution in [0.1, 0.15) is 82.4 Å². The van der Waals surface area contributed by atoms with Crippen molar-refractivity contribution in [1.29, 1.82) is 0 Å². The van der Waals surface area contributed by atoms with Crippen molar-refractivity contribution in [2.24, 2.45) is 5.73 Å². The molecule has 3 aliphatic rings. The van der Waals surface area contributed by atoms with Gasteiger partial charge in [-0.2, -0.15) is 0 Å². The van der Waals surface area contributed by atoms with E-state index in [9.17, 15) is 19.2 Å². The zero-order valence-electron chi connectivity index (χ0n) is 26.1. The van der Waals surface area contributed by atoms with Gasteiger partial charge in [0.25, 0.3) is 17.7 Å². The number of hydrogen-bond donors (Lipinski definition) is 3. The molecule has 46 heavy (non-hydrogen) atoms. The summed E-state index contributed by atoms with van der Waals surface area (Å²) in [5.74, 6) is 0.185. The lowest BCUT2D eigenvalue weighted by Gasteiger charge is -2.29. The van der Waals surface area contributed by atoms with Gasteiger partial charge in [-0.1, -0.05) is 31.0 Å². The van der Waals surface area contributed by atoms with Crippen molar-refractivity contribution in [2.75, 3.05) is 30.3 Å². The van der Waals surface area contributed by atoms with Crippen LogP contribution in [0.2, 0.25) is 0 Å². The van der Waals surface area contributed by atoms with Gasteiger partial charge in [0.15, 0.2) is 6.61 Å². The molecule has 0 radical (unpaired) electrons. The number of ether oxygens (including phenoxy) is 1. The van der Waals surface area contributed by atoms with Crippen LogP contribution >= 0.6 is 0 Å². The van der Waals surface area contributed by atoms with Gasteiger partial charge < -0.3 is 30.9 Å². The molecular weight excluding hydrogens is 582 g/mol. The number of hydrogen-bond acceptors (Lipinski definition) is 6. The van der Waals surface area contributed by atoms with Gasteiger partial charge in [-0.3, -0.25) is 19.2 Å². The number of carbonyl (C=O) groups excluding carboxylic acids is 4. The maximum Gasteiger partial charge on any atom is 0.262 e. The Labute approximate surface area is 269 Å². The van der Waals surface area contributed by atoms with Crippen LogP contribution in [-0.2, 0) is 29.1 Å². The first-order chi connectivity index (χ1) is 22.4. The van der Waals surface area contributed by atoms with Crippen molar-refractivity contribution < 1.29 is 23.9 Å². The number of nitrogens with one attached hydrogen (secondary N) is 2. The minimum atomic E-state index is -0.215. The first-order valence-electron chi connectivity index (χ1n) is 16.3. The second-order valence-corrected chi connectivity index (χ2v) is 12.4. The average molecular weight is 624 g/mol. The monoisotopic (exact) mass is 623 g/mol. The van der Waals surface area contributed by atoms with Crippen LogP contribution in [0.4, 0.5) is 11.4 Å². The number of unbranched alkanes of at least 4 members (excludes halogenated alkanes) is 3. The van der Waals surface area contributed by atoms with Gasteiger partial charge in [-0.05, 0) is 97.8 Å². The second-order valence-electron chi connectivity index (χ2n) is 12.4. The third-order valence-electron chi connectivity index (χ3n) is 8.85. The largest absolute Gasteiger partial charge is 0.482 e. The van der Waals surface area contributed by atoms with Crippen molar-refractivity contribution in [3.05, 3.63) is 88.5 Å². The predicted molar refractivity (Wildman–Crippen MR) is 176 cm³/mol. The Balaban J connectivity index is 1.03. The van der Waals surface area contributed by atoms with E-state index in [1.165, 1.54) is 0 Å². The van der Waals surface area contributed by atoms with Crippen LogP contribution in [0.3, 0.4) is 0 Å². The van der Waals surface area contributed by atoms with E-state index in [0.29, 0.717) is 55.2 Å². The minimum absolute atomic E-state index is 0.0684. The van der Waals surface area contributed by atoms with Gasteiger partial charge in [0, 0.05) is 48.9 Å². The Bertz CT molecular complexity index is 1620. The van der Waals surface area contributed by atoms with Crippen molar-refractivity contribution in [3.63, 3.8) is 0 Å². The summed E-state index contributed by atoms with van der Waals surface area (Å²) in [6, 6.07) is 18.5. The molecule has 1 fully saturated rings. The minimum Gasteiger partial charge on any atom is -0.482 e. The van der Waals surface area contributed by atoms with Crippen LogP contribution < -0.4 is 21.1 Å². The lowest BCUT2D eigenvalue weighted by Crippen LogP contribution is -2.35. The van der Waals surface area contributed by atoms with Crippen molar-refractivity contribution in [1.82, 2.24) is 9.80 Å². The summed E-state index contributed by atoms with van der Waals surface area (Å²) in [5.41, 5.74) is 11.1. The number of rotatable bonds is 12. The molecule has 10 nitrogen and oxygen atoms in total. The molecule has 6 rings (SSSR count). The van der Waals surface area contributed by atoms with Crippen LogP contribution in [0.15, 0.2) is 60.7 Å². The van der Waals surface area contributed by atoms with Crippen molar-refractivity contribution >= 4 is 35.0 Å². The van der Waals surface area contributed by atoms with Crippen molar-refractivity contribution in [2.45, 2.75) is 70.5 Å². The summed E-state index contributed by atoms with van der Waals surface area (Å²) >= 11 is 0. The average Bonchev–Trinajstić information content (AvgIpc) is 3.92. The number of carbonyl (C=O) groups is 4. The van der Waals surface area contributed by atoms with E-state index >= 15 is 0 Å². The highest BCUT2D eigenvalue weighted by atomic mass is 16.5. The zero-order valence-corrected chi connectivity index (χ0v) is 26.1. The number of nitrogens with two attached hydrogens (primary N) is 1. The molecule has 3 aromatic rings. The highest BCUT2D eigenvalue weighted by Crippen LogP contribution is 2.33. The van der Waals surface area contributed by atoms with E-state index in [-0.39, 0.29) is 36.3 Å². The van der Waals surface area contributed by atoms with Crippen LogP contribution in [0.5, 0.6) is 5.75 Å². The van der Waals surface area contributed by atoms with Gasteiger partial charge >= 0.3 is 0 Å². The Kier molecular flexibility index (Phi) is 9.63. The summed E-state index contributed by atoms with van der Waals surface area (Å²) in [4.78, 5) is 54.7. The molecule has 0 saturated heterocycles. The molecule has 4 N–H and O–H groups in total. The van der Waals surface area contributed by atoms with E-state index < -0.39 is 0 Å². The fraction of sp³-hybridized carbons (Fsp3) is 0.389. The lowest BCUT2D eigenvalue weighted by molar-refractivity contribution is -0.132. The maximum atomic E-state index is 13.5. The number of fused-ring (bicyclic) bond motifs is 2. The summed E-state index contributed by atoms with van der Waals surface area (Å²) in [6.45, 7) is 2.35. The standard InChI is InChI=1S/C36H41N5O5/c37-17-4-2-1-3-5-34(43)40-18-16-26-19-29(12-10-28(26)22-40)38-35(44)25-8-6-24(7-9-25)21-41(30-13-14-30)36(45)27-11-15-31-32(20-27)46-23-33(42)39-31/h6-12,15,19-20,30H,1-5,13-14,16-18,21-23,37H2,(H,38,44)(H,39,42). The van der Waals surface area contributed by atoms with Crippen molar-refractivity contribution in [3.8, 4) is 5.75 Å². The van der Waals surface area contributed by atoms with Crippen LogP contribution in [-0.4, -0.2) is 59.2 Å². The molecule has 0 aromatic heterocycles. The first-order valence-corrected chi connectivity index (χ1v) is 16.3. The van der Waals surface area contributed by atoms with Gasteiger partial charge in [-0.15, -0.1) is 0 Å².